The van der Waals surface area contributed by atoms with E-state index in [4.69, 9.17) is 4.74 Å². The third-order valence-corrected chi connectivity index (χ3v) is 5.18. The molecule has 2 N–H and O–H groups in total. The van der Waals surface area contributed by atoms with Crippen LogP contribution in [0.1, 0.15) is 36.9 Å². The minimum Gasteiger partial charge on any atom is -0.396 e. The fourth-order valence-corrected chi connectivity index (χ4v) is 2.98. The predicted molar refractivity (Wildman–Crippen MR) is 84.9 cm³/mol. The van der Waals surface area contributed by atoms with Crippen LogP contribution in [0.2, 0.25) is 0 Å². The van der Waals surface area contributed by atoms with Gasteiger partial charge in [-0.05, 0) is 43.9 Å². The summed E-state index contributed by atoms with van der Waals surface area (Å²) in [5, 5.41) is 12.9. The van der Waals surface area contributed by atoms with Gasteiger partial charge in [0.2, 0.25) is 0 Å². The van der Waals surface area contributed by atoms with Crippen molar-refractivity contribution in [1.29, 1.82) is 0 Å². The van der Waals surface area contributed by atoms with Gasteiger partial charge in [-0.1, -0.05) is 28.1 Å². The van der Waals surface area contributed by atoms with Crippen LogP contribution in [-0.2, 0) is 4.74 Å². The molecule has 0 aliphatic carbocycles. The van der Waals surface area contributed by atoms with Crippen LogP contribution >= 0.6 is 15.9 Å². The third kappa shape index (κ3) is 3.82. The smallest absolute Gasteiger partial charge is 0.0536 e. The first-order valence-electron chi connectivity index (χ1n) is 7.24. The zero-order valence-electron chi connectivity index (χ0n) is 12.3. The fourth-order valence-electron chi connectivity index (χ4n) is 2.74. The predicted octanol–water partition coefficient (Wildman–Crippen LogP) is 3.20. The topological polar surface area (TPSA) is 41.5 Å². The molecule has 112 valence electrons. The van der Waals surface area contributed by atoms with Crippen LogP contribution in [-0.4, -0.2) is 31.5 Å². The second-order valence-electron chi connectivity index (χ2n) is 5.89. The van der Waals surface area contributed by atoms with Crippen molar-refractivity contribution in [3.05, 3.63) is 33.8 Å². The number of rotatable bonds is 6. The van der Waals surface area contributed by atoms with Gasteiger partial charge in [0.25, 0.3) is 0 Å². The Morgan fingerprint density at radius 1 is 1.50 bits per heavy atom. The van der Waals surface area contributed by atoms with Gasteiger partial charge in [-0.15, -0.1) is 0 Å². The number of aliphatic hydroxyl groups excluding tert-OH is 1. The minimum atomic E-state index is 0.105. The SMILES string of the molecule is Cc1cc([C@@H](C)NC[C@]2(CCO)CCOC2)ccc1Br. The lowest BCUT2D eigenvalue weighted by Gasteiger charge is -2.29. The summed E-state index contributed by atoms with van der Waals surface area (Å²) >= 11 is 3.54. The van der Waals surface area contributed by atoms with Crippen LogP contribution in [0.25, 0.3) is 0 Å². The number of ether oxygens (including phenoxy) is 1. The van der Waals surface area contributed by atoms with Crippen molar-refractivity contribution in [2.24, 2.45) is 5.41 Å². The van der Waals surface area contributed by atoms with Crippen molar-refractivity contribution in [2.75, 3.05) is 26.4 Å². The van der Waals surface area contributed by atoms with Crippen molar-refractivity contribution in [3.63, 3.8) is 0 Å². The Balaban J connectivity index is 1.96. The molecule has 2 atom stereocenters. The van der Waals surface area contributed by atoms with Crippen molar-refractivity contribution >= 4 is 15.9 Å². The Labute approximate surface area is 129 Å². The maximum atomic E-state index is 9.25. The number of hydrogen-bond acceptors (Lipinski definition) is 3. The van der Waals surface area contributed by atoms with Crippen molar-refractivity contribution in [3.8, 4) is 0 Å². The average molecular weight is 342 g/mol. The lowest BCUT2D eigenvalue weighted by molar-refractivity contribution is 0.122. The summed E-state index contributed by atoms with van der Waals surface area (Å²) < 4.78 is 6.68. The summed E-state index contributed by atoms with van der Waals surface area (Å²) in [6, 6.07) is 6.77. The number of benzene rings is 1. The highest BCUT2D eigenvalue weighted by Crippen LogP contribution is 2.32. The van der Waals surface area contributed by atoms with E-state index < -0.39 is 0 Å². The molecule has 1 aromatic carbocycles. The largest absolute Gasteiger partial charge is 0.396 e. The molecule has 1 aromatic rings. The molecule has 1 heterocycles. The van der Waals surface area contributed by atoms with Crippen LogP contribution in [0.5, 0.6) is 0 Å². The molecule has 1 aliphatic rings. The highest BCUT2D eigenvalue weighted by Gasteiger charge is 2.34. The molecule has 0 spiro atoms. The van der Waals surface area contributed by atoms with E-state index in [2.05, 4.69) is 53.3 Å². The van der Waals surface area contributed by atoms with Crippen molar-refractivity contribution in [1.82, 2.24) is 5.32 Å². The molecule has 2 rings (SSSR count). The van der Waals surface area contributed by atoms with Gasteiger partial charge in [-0.3, -0.25) is 0 Å². The maximum Gasteiger partial charge on any atom is 0.0536 e. The number of aryl methyl sites for hydroxylation is 1. The molecule has 4 heteroatoms. The van der Waals surface area contributed by atoms with Crippen molar-refractivity contribution in [2.45, 2.75) is 32.7 Å². The molecule has 3 nitrogen and oxygen atoms in total. The number of nitrogens with one attached hydrogen (secondary N) is 1. The molecule has 0 bridgehead atoms. The van der Waals surface area contributed by atoms with E-state index in [1.807, 2.05) is 0 Å². The Kier molecular flexibility index (Phi) is 5.61. The summed E-state index contributed by atoms with van der Waals surface area (Å²) in [4.78, 5) is 0. The normalized spacial score (nSPS) is 24.0. The lowest BCUT2D eigenvalue weighted by Crippen LogP contribution is -2.37. The lowest BCUT2D eigenvalue weighted by atomic mass is 9.83. The van der Waals surface area contributed by atoms with Crippen LogP contribution in [0.4, 0.5) is 0 Å². The van der Waals surface area contributed by atoms with E-state index in [9.17, 15) is 5.11 Å². The molecule has 1 aliphatic heterocycles. The van der Waals surface area contributed by atoms with Gasteiger partial charge in [0.05, 0.1) is 6.61 Å². The van der Waals surface area contributed by atoms with Gasteiger partial charge in [-0.2, -0.15) is 0 Å². The highest BCUT2D eigenvalue weighted by molar-refractivity contribution is 9.10. The Morgan fingerprint density at radius 2 is 2.30 bits per heavy atom. The first kappa shape index (κ1) is 16.0. The van der Waals surface area contributed by atoms with E-state index in [-0.39, 0.29) is 12.0 Å². The van der Waals surface area contributed by atoms with Gasteiger partial charge >= 0.3 is 0 Å². The molecule has 1 fully saturated rings. The van der Waals surface area contributed by atoms with E-state index in [0.29, 0.717) is 6.04 Å². The zero-order valence-corrected chi connectivity index (χ0v) is 13.9. The number of hydrogen-bond donors (Lipinski definition) is 2. The second-order valence-corrected chi connectivity index (χ2v) is 6.74. The molecular formula is C16H24BrNO2. The molecule has 20 heavy (non-hydrogen) atoms. The minimum absolute atomic E-state index is 0.105. The summed E-state index contributed by atoms with van der Waals surface area (Å²) in [7, 11) is 0. The van der Waals surface area contributed by atoms with Gasteiger partial charge in [0.15, 0.2) is 0 Å². The van der Waals surface area contributed by atoms with Gasteiger partial charge in [0.1, 0.15) is 0 Å². The molecule has 0 aromatic heterocycles. The molecule has 0 amide bonds. The summed E-state index contributed by atoms with van der Waals surface area (Å²) in [5.74, 6) is 0. The third-order valence-electron chi connectivity index (χ3n) is 4.29. The van der Waals surface area contributed by atoms with Crippen LogP contribution < -0.4 is 5.32 Å². The van der Waals surface area contributed by atoms with E-state index in [0.717, 1.165) is 37.1 Å². The molecule has 1 saturated heterocycles. The van der Waals surface area contributed by atoms with Crippen LogP contribution in [0.15, 0.2) is 22.7 Å². The zero-order chi connectivity index (χ0) is 14.6. The van der Waals surface area contributed by atoms with E-state index >= 15 is 0 Å². The Morgan fingerprint density at radius 3 is 2.90 bits per heavy atom. The molecular weight excluding hydrogens is 318 g/mol. The summed E-state index contributed by atoms with van der Waals surface area (Å²) in [6.07, 6.45) is 1.85. The van der Waals surface area contributed by atoms with Gasteiger partial charge < -0.3 is 15.2 Å². The highest BCUT2D eigenvalue weighted by atomic mass is 79.9. The first-order chi connectivity index (χ1) is 9.56. The average Bonchev–Trinajstić information content (AvgIpc) is 2.89. The standard InChI is InChI=1S/C16H24BrNO2/c1-12-9-14(3-4-15(12)17)13(2)18-10-16(5-7-19)6-8-20-11-16/h3-4,9,13,18-19H,5-8,10-11H2,1-2H3/t13-,16+/m1/s1. The Hall–Kier alpha value is -0.420. The maximum absolute atomic E-state index is 9.25. The number of aliphatic hydroxyl groups is 1. The molecule has 0 unspecified atom stereocenters. The van der Waals surface area contributed by atoms with Gasteiger partial charge in [-0.25, -0.2) is 0 Å². The van der Waals surface area contributed by atoms with Crippen LogP contribution in [0, 0.1) is 12.3 Å². The first-order valence-corrected chi connectivity index (χ1v) is 8.04. The van der Waals surface area contributed by atoms with E-state index in [1.165, 1.54) is 11.1 Å². The fraction of sp³-hybridized carbons (Fsp3) is 0.625. The quantitative estimate of drug-likeness (QED) is 0.834. The summed E-state index contributed by atoms with van der Waals surface area (Å²) in [6.45, 7) is 6.99. The van der Waals surface area contributed by atoms with Gasteiger partial charge in [0, 0.05) is 35.7 Å². The molecule has 0 radical (unpaired) electrons. The van der Waals surface area contributed by atoms with Crippen molar-refractivity contribution < 1.29 is 9.84 Å². The van der Waals surface area contributed by atoms with E-state index in [1.54, 1.807) is 0 Å². The number of halogens is 1. The second kappa shape index (κ2) is 7.03. The van der Waals surface area contributed by atoms with Crippen LogP contribution in [0.3, 0.4) is 0 Å². The molecule has 0 saturated carbocycles. The Bertz CT molecular complexity index is 444. The summed E-state index contributed by atoms with van der Waals surface area (Å²) in [5.41, 5.74) is 2.65. The monoisotopic (exact) mass is 341 g/mol.